The van der Waals surface area contributed by atoms with Crippen LogP contribution in [0.25, 0.3) is 11.4 Å². The molecule has 0 bridgehead atoms. The lowest BCUT2D eigenvalue weighted by molar-refractivity contribution is -0.396. The Morgan fingerprint density at radius 3 is 1.71 bits per heavy atom. The Morgan fingerprint density at radius 2 is 1.17 bits per heavy atom. The monoisotopic (exact) mass is 730 g/mol. The van der Waals surface area contributed by atoms with Crippen molar-refractivity contribution in [2.24, 2.45) is 0 Å². The van der Waals surface area contributed by atoms with Gasteiger partial charge in [-0.15, -0.1) is 5.67 Å². The van der Waals surface area contributed by atoms with Gasteiger partial charge in [0.15, 0.2) is 11.6 Å². The van der Waals surface area contributed by atoms with Crippen LogP contribution in [-0.4, -0.2) is 69.3 Å². The average molecular weight is 731 g/mol. The molecule has 4 nitrogen and oxygen atoms in total. The van der Waals surface area contributed by atoms with Crippen molar-refractivity contribution in [1.82, 2.24) is 9.97 Å². The van der Waals surface area contributed by atoms with Crippen LogP contribution in [0.4, 0.5) is 39.5 Å². The standard InChI is InChI=1S/C33H47F9N2O2Si2/c1-47(22-23-48(2,3)4)21-13-9-5-7-11-20-46-28-24-43-29(44-25-28)26-14-16-27(17-15-26)45-19-12-8-6-10-18-30(34,35)31(36,37)32(38,39)33(40,41)42/h14-17,22,24-25H,5-13,18-21,23H2,1-4H3/b47-22+. The van der Waals surface area contributed by atoms with E-state index in [-0.39, 0.29) is 27.9 Å². The molecule has 48 heavy (non-hydrogen) atoms. The van der Waals surface area contributed by atoms with Crippen LogP contribution in [0.2, 0.25) is 38.3 Å². The number of ether oxygens (including phenoxy) is 2. The normalized spacial score (nSPS) is 13.6. The van der Waals surface area contributed by atoms with Gasteiger partial charge in [-0.3, -0.25) is 0 Å². The first-order valence-electron chi connectivity index (χ1n) is 16.3. The maximum absolute atomic E-state index is 13.6. The molecule has 0 atom stereocenters. The number of hydrogen-bond acceptors (Lipinski definition) is 4. The van der Waals surface area contributed by atoms with Crippen LogP contribution in [0, 0.1) is 0 Å². The number of halogens is 9. The Balaban J connectivity index is 1.62. The molecule has 0 spiro atoms. The Kier molecular flexibility index (Phi) is 16.1. The van der Waals surface area contributed by atoms with E-state index >= 15 is 0 Å². The summed E-state index contributed by atoms with van der Waals surface area (Å²) in [6, 6.07) is 9.54. The summed E-state index contributed by atoms with van der Waals surface area (Å²) in [5.41, 5.74) is 3.34. The second kappa shape index (κ2) is 18.5. The fourth-order valence-electron chi connectivity index (χ4n) is 4.61. The zero-order valence-electron chi connectivity index (χ0n) is 28.1. The number of benzene rings is 1. The van der Waals surface area contributed by atoms with Gasteiger partial charge in [-0.2, -0.15) is 39.5 Å². The van der Waals surface area contributed by atoms with Gasteiger partial charge in [0.25, 0.3) is 0 Å². The predicted octanol–water partition coefficient (Wildman–Crippen LogP) is 11.1. The minimum atomic E-state index is -6.85. The van der Waals surface area contributed by atoms with Crippen LogP contribution < -0.4 is 9.47 Å². The van der Waals surface area contributed by atoms with E-state index in [9.17, 15) is 39.5 Å². The zero-order chi connectivity index (χ0) is 36.1. The fraction of sp³-hybridized carbons (Fsp3) is 0.667. The van der Waals surface area contributed by atoms with Crippen molar-refractivity contribution >= 4 is 22.2 Å². The molecule has 0 aliphatic heterocycles. The SMILES string of the molecule is C/[Si](=C\C[Si](C)(C)C)CCCCCCCOc1cnc(-c2ccc(OCCCCCCC(F)(F)C(F)(F)C(F)(F)C(F)(F)F)cc2)nc1. The van der Waals surface area contributed by atoms with Crippen LogP contribution in [0.15, 0.2) is 36.7 Å². The highest BCUT2D eigenvalue weighted by Gasteiger charge is 2.81. The van der Waals surface area contributed by atoms with Crippen molar-refractivity contribution in [2.45, 2.75) is 126 Å². The van der Waals surface area contributed by atoms with Crippen molar-refractivity contribution < 1.29 is 49.0 Å². The molecule has 2 aromatic rings. The Hall–Kier alpha value is -2.43. The minimum absolute atomic E-state index is 0.0824. The molecule has 0 N–H and O–H groups in total. The van der Waals surface area contributed by atoms with E-state index in [0.717, 1.165) is 18.4 Å². The third-order valence-corrected chi connectivity index (χ3v) is 11.5. The smallest absolute Gasteiger partial charge is 0.460 e. The summed E-state index contributed by atoms with van der Waals surface area (Å²) in [6.07, 6.45) is 0.283. The van der Waals surface area contributed by atoms with Gasteiger partial charge in [-0.1, -0.05) is 64.7 Å². The first-order chi connectivity index (χ1) is 22.3. The molecule has 0 saturated heterocycles. The predicted molar refractivity (Wildman–Crippen MR) is 176 cm³/mol. The number of aromatic nitrogens is 2. The molecule has 0 radical (unpaired) electrons. The highest BCUT2D eigenvalue weighted by molar-refractivity contribution is 6.82. The summed E-state index contributed by atoms with van der Waals surface area (Å²) < 4.78 is 128. The number of rotatable bonds is 22. The van der Waals surface area contributed by atoms with Gasteiger partial charge in [0.2, 0.25) is 0 Å². The maximum atomic E-state index is 13.6. The zero-order valence-corrected chi connectivity index (χ0v) is 30.1. The molecular weight excluding hydrogens is 684 g/mol. The second-order valence-electron chi connectivity index (χ2n) is 13.3. The van der Waals surface area contributed by atoms with E-state index in [4.69, 9.17) is 9.47 Å². The van der Waals surface area contributed by atoms with Gasteiger partial charge in [0.05, 0.1) is 25.6 Å². The lowest BCUT2D eigenvalue weighted by atomic mass is 9.98. The van der Waals surface area contributed by atoms with Crippen molar-refractivity contribution in [3.05, 3.63) is 36.7 Å². The summed E-state index contributed by atoms with van der Waals surface area (Å²) in [4.78, 5) is 8.71. The molecule has 0 amide bonds. The lowest BCUT2D eigenvalue weighted by Gasteiger charge is -2.33. The quantitative estimate of drug-likeness (QED) is 0.0687. The van der Waals surface area contributed by atoms with Gasteiger partial charge in [-0.25, -0.2) is 9.97 Å². The van der Waals surface area contributed by atoms with E-state index in [1.165, 1.54) is 31.4 Å². The number of alkyl halides is 9. The van der Waals surface area contributed by atoms with E-state index in [2.05, 4.69) is 41.8 Å². The molecule has 1 aromatic heterocycles. The third-order valence-electron chi connectivity index (χ3n) is 7.65. The molecule has 0 aliphatic rings. The Morgan fingerprint density at radius 1 is 0.667 bits per heavy atom. The number of nitrogens with zero attached hydrogens (tertiary/aromatic N) is 2. The summed E-state index contributed by atoms with van der Waals surface area (Å²) in [7, 11) is -1.28. The second-order valence-corrected chi connectivity index (χ2v) is 21.4. The van der Waals surface area contributed by atoms with Crippen molar-refractivity contribution in [1.29, 1.82) is 0 Å². The fourth-order valence-corrected chi connectivity index (χ4v) is 9.46. The van der Waals surface area contributed by atoms with Crippen molar-refractivity contribution in [2.75, 3.05) is 13.2 Å². The van der Waals surface area contributed by atoms with Crippen LogP contribution in [0.3, 0.4) is 0 Å². The third kappa shape index (κ3) is 13.5. The van der Waals surface area contributed by atoms with E-state index in [0.29, 0.717) is 30.4 Å². The van der Waals surface area contributed by atoms with E-state index in [1.54, 1.807) is 36.7 Å². The van der Waals surface area contributed by atoms with Crippen LogP contribution >= 0.6 is 0 Å². The molecular formula is C33H47F9N2O2Si2. The Bertz CT molecular complexity index is 1250. The summed E-state index contributed by atoms with van der Waals surface area (Å²) in [5.74, 6) is -17.3. The minimum Gasteiger partial charge on any atom is -0.494 e. The molecule has 15 heteroatoms. The van der Waals surface area contributed by atoms with Crippen LogP contribution in [0.5, 0.6) is 11.5 Å². The number of hydrogen-bond donors (Lipinski definition) is 0. The summed E-state index contributed by atoms with van der Waals surface area (Å²) in [6.45, 7) is 10.4. The summed E-state index contributed by atoms with van der Waals surface area (Å²) in [5, 5.41) is 0. The van der Waals surface area contributed by atoms with Crippen LogP contribution in [0.1, 0.15) is 64.2 Å². The van der Waals surface area contributed by atoms with Crippen molar-refractivity contribution in [3.8, 4) is 22.9 Å². The molecule has 1 heterocycles. The molecule has 0 saturated carbocycles. The molecule has 0 fully saturated rings. The first kappa shape index (κ1) is 41.7. The lowest BCUT2D eigenvalue weighted by Crippen LogP contribution is -2.60. The molecule has 1 aromatic carbocycles. The number of unbranched alkanes of at least 4 members (excludes halogenated alkanes) is 7. The van der Waals surface area contributed by atoms with E-state index in [1.807, 2.05) is 0 Å². The van der Waals surface area contributed by atoms with Crippen molar-refractivity contribution in [3.63, 3.8) is 0 Å². The van der Waals surface area contributed by atoms with Gasteiger partial charge in [0, 0.05) is 28.5 Å². The van der Waals surface area contributed by atoms with Crippen LogP contribution in [-0.2, 0) is 0 Å². The topological polar surface area (TPSA) is 44.2 Å². The van der Waals surface area contributed by atoms with Gasteiger partial charge >= 0.3 is 23.9 Å². The maximum Gasteiger partial charge on any atom is 0.460 e. The molecule has 2 rings (SSSR count). The molecule has 0 unspecified atom stereocenters. The molecule has 272 valence electrons. The van der Waals surface area contributed by atoms with Gasteiger partial charge < -0.3 is 9.47 Å². The average Bonchev–Trinajstić information content (AvgIpc) is 3.00. The Labute approximate surface area is 280 Å². The largest absolute Gasteiger partial charge is 0.494 e. The first-order valence-corrected chi connectivity index (χ1v) is 22.3. The highest BCUT2D eigenvalue weighted by atomic mass is 28.3. The summed E-state index contributed by atoms with van der Waals surface area (Å²) >= 11 is 0. The van der Waals surface area contributed by atoms with Gasteiger partial charge in [-0.05, 0) is 55.6 Å². The molecule has 0 aliphatic carbocycles. The van der Waals surface area contributed by atoms with E-state index < -0.39 is 44.9 Å². The van der Waals surface area contributed by atoms with Gasteiger partial charge in [0.1, 0.15) is 5.75 Å². The highest BCUT2D eigenvalue weighted by Crippen LogP contribution is 2.54.